The summed E-state index contributed by atoms with van der Waals surface area (Å²) in [7, 11) is 0. The van der Waals surface area contributed by atoms with Gasteiger partial charge in [-0.2, -0.15) is 0 Å². The maximum atomic E-state index is 12.6. The zero-order valence-corrected chi connectivity index (χ0v) is 35.7. The second kappa shape index (κ2) is 43.2. The third-order valence-corrected chi connectivity index (χ3v) is 10.5. The molecule has 8 nitrogen and oxygen atoms in total. The van der Waals surface area contributed by atoms with Crippen molar-refractivity contribution in [3.8, 4) is 0 Å². The van der Waals surface area contributed by atoms with Crippen molar-refractivity contribution in [2.45, 2.75) is 232 Å². The molecule has 0 saturated heterocycles. The number of carbonyl (C=O) groups is 2. The number of alkyl carbamates (subject to hydrolysis) is 2. The molecule has 3 N–H and O–H groups in total. The monoisotopic (exact) mass is 754 g/mol. The summed E-state index contributed by atoms with van der Waals surface area (Å²) in [4.78, 5) is 27.0. The van der Waals surface area contributed by atoms with Crippen LogP contribution < -0.4 is 10.6 Å². The fourth-order valence-electron chi connectivity index (χ4n) is 7.03. The van der Waals surface area contributed by atoms with Crippen LogP contribution in [-0.2, 0) is 9.47 Å². The van der Waals surface area contributed by atoms with Gasteiger partial charge in [0.25, 0.3) is 0 Å². The molecule has 0 radical (unpaired) electrons. The number of aliphatic hydroxyl groups excluding tert-OH is 1. The Hall–Kier alpha value is -1.54. The van der Waals surface area contributed by atoms with Crippen LogP contribution in [-0.4, -0.2) is 74.2 Å². The smallest absolute Gasteiger partial charge is 0.407 e. The fraction of sp³-hybridized carbons (Fsp3) is 0.956. The molecule has 0 aliphatic carbocycles. The Balaban J connectivity index is 3.99. The van der Waals surface area contributed by atoms with Gasteiger partial charge in [0.1, 0.15) is 6.10 Å². The van der Waals surface area contributed by atoms with Crippen LogP contribution in [0, 0.1) is 0 Å². The van der Waals surface area contributed by atoms with Crippen LogP contribution in [0.4, 0.5) is 9.59 Å². The standard InChI is InChI=1S/C45H91N3O5/c1-4-7-10-13-16-17-18-25-32-42-52-44(50)46-36-28-21-23-30-38-48(40-33-41-49)39-31-24-22-29-37-47-45(51)53-43(34-26-19-14-11-8-5-2)35-27-20-15-12-9-6-3/h43,49H,4-42H2,1-3H3,(H,46,50)(H,47,51). The second-order valence-corrected chi connectivity index (χ2v) is 15.7. The van der Waals surface area contributed by atoms with E-state index in [4.69, 9.17) is 9.47 Å². The van der Waals surface area contributed by atoms with E-state index in [9.17, 15) is 14.7 Å². The van der Waals surface area contributed by atoms with Crippen molar-refractivity contribution in [1.29, 1.82) is 0 Å². The van der Waals surface area contributed by atoms with Crippen molar-refractivity contribution in [1.82, 2.24) is 15.5 Å². The lowest BCUT2D eigenvalue weighted by Gasteiger charge is -2.22. The molecule has 0 aliphatic heterocycles. The van der Waals surface area contributed by atoms with Crippen molar-refractivity contribution < 1.29 is 24.2 Å². The lowest BCUT2D eigenvalue weighted by Crippen LogP contribution is -2.30. The SMILES string of the molecule is CCCCCCCCCCCOC(=O)NCCCCCCN(CCCO)CCCCCCNC(=O)OC(CCCCCCCC)CCCCCCCC. The summed E-state index contributed by atoms with van der Waals surface area (Å²) in [6.07, 6.45) is 37.6. The first-order valence-electron chi connectivity index (χ1n) is 23.3. The van der Waals surface area contributed by atoms with Gasteiger partial charge in [0.15, 0.2) is 0 Å². The van der Waals surface area contributed by atoms with Gasteiger partial charge in [-0.3, -0.25) is 0 Å². The van der Waals surface area contributed by atoms with E-state index in [2.05, 4.69) is 36.3 Å². The van der Waals surface area contributed by atoms with E-state index in [0.29, 0.717) is 19.7 Å². The summed E-state index contributed by atoms with van der Waals surface area (Å²) in [5, 5.41) is 15.3. The molecule has 53 heavy (non-hydrogen) atoms. The van der Waals surface area contributed by atoms with E-state index in [0.717, 1.165) is 116 Å². The van der Waals surface area contributed by atoms with Gasteiger partial charge in [-0.1, -0.05) is 162 Å². The summed E-state index contributed by atoms with van der Waals surface area (Å²) in [5.74, 6) is 0. The lowest BCUT2D eigenvalue weighted by molar-refractivity contribution is 0.0840. The third kappa shape index (κ3) is 40.0. The Morgan fingerprint density at radius 1 is 0.472 bits per heavy atom. The normalized spacial score (nSPS) is 11.4. The summed E-state index contributed by atoms with van der Waals surface area (Å²) in [6, 6.07) is 0. The highest BCUT2D eigenvalue weighted by molar-refractivity contribution is 5.67. The van der Waals surface area contributed by atoms with Crippen molar-refractivity contribution >= 4 is 12.2 Å². The number of nitrogens with zero attached hydrogens (tertiary/aromatic N) is 1. The van der Waals surface area contributed by atoms with Gasteiger partial charge in [0.2, 0.25) is 0 Å². The Bertz CT molecular complexity index is 740. The van der Waals surface area contributed by atoms with Gasteiger partial charge in [0.05, 0.1) is 6.61 Å². The molecule has 0 rings (SSSR count). The molecule has 0 aromatic rings. The van der Waals surface area contributed by atoms with Gasteiger partial charge in [-0.25, -0.2) is 9.59 Å². The molecule has 316 valence electrons. The van der Waals surface area contributed by atoms with Gasteiger partial charge >= 0.3 is 12.2 Å². The van der Waals surface area contributed by atoms with Crippen molar-refractivity contribution in [2.24, 2.45) is 0 Å². The first kappa shape index (κ1) is 51.5. The van der Waals surface area contributed by atoms with E-state index in [1.807, 2.05) is 0 Å². The lowest BCUT2D eigenvalue weighted by atomic mass is 10.0. The molecule has 0 atom stereocenters. The van der Waals surface area contributed by atoms with E-state index in [1.54, 1.807) is 0 Å². The largest absolute Gasteiger partial charge is 0.450 e. The molecular formula is C45H91N3O5. The Morgan fingerprint density at radius 2 is 0.849 bits per heavy atom. The molecular weight excluding hydrogens is 663 g/mol. The molecule has 8 heteroatoms. The minimum atomic E-state index is -0.276. The number of unbranched alkanes of at least 4 members (excludes halogenated alkanes) is 24. The third-order valence-electron chi connectivity index (χ3n) is 10.5. The summed E-state index contributed by atoms with van der Waals surface area (Å²) in [5.41, 5.74) is 0. The molecule has 0 aliphatic rings. The van der Waals surface area contributed by atoms with Gasteiger partial charge < -0.3 is 30.1 Å². The van der Waals surface area contributed by atoms with E-state index < -0.39 is 0 Å². The first-order valence-corrected chi connectivity index (χ1v) is 23.3. The first-order chi connectivity index (χ1) is 26.1. The van der Waals surface area contributed by atoms with Crippen molar-refractivity contribution in [3.05, 3.63) is 0 Å². The van der Waals surface area contributed by atoms with Crippen LogP contribution in [0.15, 0.2) is 0 Å². The molecule has 0 aromatic carbocycles. The molecule has 0 bridgehead atoms. The molecule has 0 unspecified atom stereocenters. The second-order valence-electron chi connectivity index (χ2n) is 15.7. The molecule has 2 amide bonds. The summed E-state index contributed by atoms with van der Waals surface area (Å²) in [6.45, 7) is 11.9. The van der Waals surface area contributed by atoms with Crippen LogP contribution in [0.3, 0.4) is 0 Å². The number of hydrogen-bond acceptors (Lipinski definition) is 6. The van der Waals surface area contributed by atoms with E-state index >= 15 is 0 Å². The zero-order valence-electron chi connectivity index (χ0n) is 35.7. The van der Waals surface area contributed by atoms with E-state index in [-0.39, 0.29) is 24.9 Å². The number of aliphatic hydroxyl groups is 1. The fourth-order valence-corrected chi connectivity index (χ4v) is 7.03. The van der Waals surface area contributed by atoms with Crippen LogP contribution in [0.25, 0.3) is 0 Å². The minimum absolute atomic E-state index is 0.0526. The van der Waals surface area contributed by atoms with Crippen LogP contribution >= 0.6 is 0 Å². The predicted molar refractivity (Wildman–Crippen MR) is 226 cm³/mol. The van der Waals surface area contributed by atoms with Crippen LogP contribution in [0.1, 0.15) is 226 Å². The Kier molecular flexibility index (Phi) is 41.9. The van der Waals surface area contributed by atoms with E-state index in [1.165, 1.54) is 109 Å². The highest BCUT2D eigenvalue weighted by Gasteiger charge is 2.14. The maximum absolute atomic E-state index is 12.6. The molecule has 0 saturated carbocycles. The minimum Gasteiger partial charge on any atom is -0.450 e. The number of rotatable bonds is 42. The summed E-state index contributed by atoms with van der Waals surface area (Å²) < 4.78 is 11.3. The number of ether oxygens (including phenoxy) is 2. The molecule has 0 heterocycles. The van der Waals surface area contributed by atoms with Gasteiger partial charge in [0, 0.05) is 26.2 Å². The predicted octanol–water partition coefficient (Wildman–Crippen LogP) is 12.6. The quantitative estimate of drug-likeness (QED) is 0.0537. The molecule has 0 spiro atoms. The van der Waals surface area contributed by atoms with Crippen molar-refractivity contribution in [2.75, 3.05) is 45.9 Å². The number of amides is 2. The maximum Gasteiger partial charge on any atom is 0.407 e. The van der Waals surface area contributed by atoms with Crippen LogP contribution in [0.2, 0.25) is 0 Å². The molecule has 0 aromatic heterocycles. The number of hydrogen-bond donors (Lipinski definition) is 3. The van der Waals surface area contributed by atoms with Gasteiger partial charge in [-0.05, 0) is 77.3 Å². The Morgan fingerprint density at radius 3 is 1.32 bits per heavy atom. The number of carbonyl (C=O) groups excluding carboxylic acids is 2. The highest BCUT2D eigenvalue weighted by atomic mass is 16.6. The average Bonchev–Trinajstić information content (AvgIpc) is 3.15. The average molecular weight is 754 g/mol. The van der Waals surface area contributed by atoms with Crippen molar-refractivity contribution in [3.63, 3.8) is 0 Å². The zero-order chi connectivity index (χ0) is 38.7. The topological polar surface area (TPSA) is 100 Å². The number of nitrogens with one attached hydrogen (secondary N) is 2. The molecule has 0 fully saturated rings. The summed E-state index contributed by atoms with van der Waals surface area (Å²) >= 11 is 0. The highest BCUT2D eigenvalue weighted by Crippen LogP contribution is 2.17. The van der Waals surface area contributed by atoms with Crippen LogP contribution in [0.5, 0.6) is 0 Å². The Labute approximate surface area is 329 Å². The van der Waals surface area contributed by atoms with Gasteiger partial charge in [-0.15, -0.1) is 0 Å².